The molecule has 1 aromatic rings. The highest BCUT2D eigenvalue weighted by Crippen LogP contribution is 2.29. The topological polar surface area (TPSA) is 16.1 Å². The van der Waals surface area contributed by atoms with Crippen molar-refractivity contribution in [3.05, 3.63) is 29.6 Å². The molecule has 1 atom stereocenters. The maximum Gasteiger partial charge on any atom is 0.0360 e. The second-order valence-corrected chi connectivity index (χ2v) is 4.29. The van der Waals surface area contributed by atoms with E-state index < -0.39 is 0 Å². The number of hydrogen-bond acceptors (Lipinski definition) is 2. The summed E-state index contributed by atoms with van der Waals surface area (Å²) >= 11 is 0. The summed E-state index contributed by atoms with van der Waals surface area (Å²) in [6.07, 6.45) is 7.91. The molecule has 14 heavy (non-hydrogen) atoms. The van der Waals surface area contributed by atoms with Crippen LogP contribution in [0.15, 0.2) is 18.5 Å². The van der Waals surface area contributed by atoms with Crippen LogP contribution in [-0.2, 0) is 0 Å². The van der Waals surface area contributed by atoms with Crippen molar-refractivity contribution in [1.29, 1.82) is 0 Å². The van der Waals surface area contributed by atoms with Crippen LogP contribution in [0.4, 0.5) is 0 Å². The van der Waals surface area contributed by atoms with Crippen LogP contribution in [0, 0.1) is 6.92 Å². The molecule has 0 unspecified atom stereocenters. The molecule has 2 nitrogen and oxygen atoms in total. The number of rotatable bonds is 1. The average Bonchev–Trinajstić information content (AvgIpc) is 2.18. The van der Waals surface area contributed by atoms with E-state index in [0.29, 0.717) is 6.04 Å². The Labute approximate surface area is 86.0 Å². The molecule has 0 N–H and O–H groups in total. The fraction of sp³-hybridized carbons (Fsp3) is 0.583. The quantitative estimate of drug-likeness (QED) is 0.676. The van der Waals surface area contributed by atoms with E-state index in [1.807, 2.05) is 12.4 Å². The van der Waals surface area contributed by atoms with Crippen LogP contribution in [0.5, 0.6) is 0 Å². The summed E-state index contributed by atoms with van der Waals surface area (Å²) in [7, 11) is 2.21. The molecule has 0 bridgehead atoms. The van der Waals surface area contributed by atoms with Crippen LogP contribution in [0.2, 0.25) is 0 Å². The molecule has 2 heterocycles. The second-order valence-electron chi connectivity index (χ2n) is 4.29. The van der Waals surface area contributed by atoms with Gasteiger partial charge >= 0.3 is 0 Å². The molecule has 0 aromatic carbocycles. The first-order valence-corrected chi connectivity index (χ1v) is 5.39. The van der Waals surface area contributed by atoms with E-state index in [0.717, 1.165) is 0 Å². The number of likely N-dealkylation sites (tertiary alicyclic amines) is 1. The Kier molecular flexibility index (Phi) is 2.82. The van der Waals surface area contributed by atoms with Gasteiger partial charge in [0.15, 0.2) is 0 Å². The number of nitrogens with zero attached hydrogens (tertiary/aromatic N) is 2. The molecular formula is C12H18N2. The van der Waals surface area contributed by atoms with Crippen molar-refractivity contribution in [2.75, 3.05) is 13.6 Å². The van der Waals surface area contributed by atoms with Crippen LogP contribution >= 0.6 is 0 Å². The molecule has 0 saturated carbocycles. The number of aryl methyl sites for hydroxylation is 1. The lowest BCUT2D eigenvalue weighted by molar-refractivity contribution is 0.187. The van der Waals surface area contributed by atoms with Crippen molar-refractivity contribution < 1.29 is 0 Å². The number of aromatic nitrogens is 1. The lowest BCUT2D eigenvalue weighted by atomic mass is 9.96. The first kappa shape index (κ1) is 9.66. The van der Waals surface area contributed by atoms with Crippen molar-refractivity contribution in [3.63, 3.8) is 0 Å². The third-order valence-electron chi connectivity index (χ3n) is 3.05. The monoisotopic (exact) mass is 190 g/mol. The van der Waals surface area contributed by atoms with Gasteiger partial charge in [0.2, 0.25) is 0 Å². The third kappa shape index (κ3) is 1.95. The average molecular weight is 190 g/mol. The van der Waals surface area contributed by atoms with E-state index in [4.69, 9.17) is 0 Å². The normalized spacial score (nSPS) is 23.7. The van der Waals surface area contributed by atoms with Gasteiger partial charge in [0.1, 0.15) is 0 Å². The molecule has 1 aromatic heterocycles. The fourth-order valence-corrected chi connectivity index (χ4v) is 2.26. The van der Waals surface area contributed by atoms with Crippen molar-refractivity contribution in [1.82, 2.24) is 9.88 Å². The first-order valence-electron chi connectivity index (χ1n) is 5.39. The molecule has 1 saturated heterocycles. The summed E-state index contributed by atoms with van der Waals surface area (Å²) in [6.45, 7) is 3.33. The van der Waals surface area contributed by atoms with Crippen LogP contribution < -0.4 is 0 Å². The summed E-state index contributed by atoms with van der Waals surface area (Å²) in [6, 6.07) is 2.86. The van der Waals surface area contributed by atoms with E-state index in [9.17, 15) is 0 Å². The lowest BCUT2D eigenvalue weighted by Gasteiger charge is -2.32. The smallest absolute Gasteiger partial charge is 0.0360 e. The Morgan fingerprint density at radius 1 is 1.36 bits per heavy atom. The summed E-state index contributed by atoms with van der Waals surface area (Å²) < 4.78 is 0. The molecule has 0 aliphatic carbocycles. The van der Waals surface area contributed by atoms with Gasteiger partial charge in [0.05, 0.1) is 0 Å². The molecule has 2 rings (SSSR count). The van der Waals surface area contributed by atoms with Gasteiger partial charge in [0, 0.05) is 18.4 Å². The summed E-state index contributed by atoms with van der Waals surface area (Å²) in [4.78, 5) is 6.71. The zero-order valence-corrected chi connectivity index (χ0v) is 9.03. The predicted molar refractivity (Wildman–Crippen MR) is 58.2 cm³/mol. The zero-order valence-electron chi connectivity index (χ0n) is 9.03. The minimum absolute atomic E-state index is 0.594. The predicted octanol–water partition coefficient (Wildman–Crippen LogP) is 2.55. The van der Waals surface area contributed by atoms with Crippen molar-refractivity contribution >= 4 is 0 Å². The Morgan fingerprint density at radius 3 is 2.93 bits per heavy atom. The standard InChI is InChI=1S/C12H18N2/c1-10-7-11(9-13-8-10)12-5-3-4-6-14(12)2/h7-9,12H,3-6H2,1-2H3/t12-/m0/s1. The highest BCUT2D eigenvalue weighted by Gasteiger charge is 2.20. The molecule has 76 valence electrons. The largest absolute Gasteiger partial charge is 0.299 e. The Hall–Kier alpha value is -0.890. The highest BCUT2D eigenvalue weighted by atomic mass is 15.1. The lowest BCUT2D eigenvalue weighted by Crippen LogP contribution is -2.29. The van der Waals surface area contributed by atoms with Crippen LogP contribution in [0.1, 0.15) is 36.4 Å². The molecular weight excluding hydrogens is 172 g/mol. The zero-order chi connectivity index (χ0) is 9.97. The third-order valence-corrected chi connectivity index (χ3v) is 3.05. The first-order chi connectivity index (χ1) is 6.77. The van der Waals surface area contributed by atoms with Gasteiger partial charge in [-0.25, -0.2) is 0 Å². The molecule has 2 heteroatoms. The van der Waals surface area contributed by atoms with E-state index in [-0.39, 0.29) is 0 Å². The van der Waals surface area contributed by atoms with E-state index in [2.05, 4.69) is 29.9 Å². The number of pyridine rings is 1. The van der Waals surface area contributed by atoms with Crippen LogP contribution in [0.25, 0.3) is 0 Å². The van der Waals surface area contributed by atoms with Crippen LogP contribution in [0.3, 0.4) is 0 Å². The SMILES string of the molecule is Cc1cncc([C@@H]2CCCCN2C)c1. The Balaban J connectivity index is 2.20. The number of piperidine rings is 1. The molecule has 0 radical (unpaired) electrons. The molecule has 1 aliphatic rings. The van der Waals surface area contributed by atoms with Gasteiger partial charge in [-0.2, -0.15) is 0 Å². The van der Waals surface area contributed by atoms with Gasteiger partial charge in [-0.05, 0) is 44.5 Å². The molecule has 0 spiro atoms. The highest BCUT2D eigenvalue weighted by molar-refractivity contribution is 5.20. The molecule has 0 amide bonds. The van der Waals surface area contributed by atoms with E-state index >= 15 is 0 Å². The molecule has 1 aliphatic heterocycles. The van der Waals surface area contributed by atoms with Gasteiger partial charge in [-0.3, -0.25) is 9.88 Å². The van der Waals surface area contributed by atoms with Crippen molar-refractivity contribution in [2.24, 2.45) is 0 Å². The van der Waals surface area contributed by atoms with Crippen molar-refractivity contribution in [2.45, 2.75) is 32.2 Å². The van der Waals surface area contributed by atoms with E-state index in [1.165, 1.54) is 36.9 Å². The summed E-state index contributed by atoms with van der Waals surface area (Å²) in [5.74, 6) is 0. The van der Waals surface area contributed by atoms with Gasteiger partial charge in [0.25, 0.3) is 0 Å². The van der Waals surface area contributed by atoms with Gasteiger partial charge < -0.3 is 0 Å². The minimum atomic E-state index is 0.594. The summed E-state index contributed by atoms with van der Waals surface area (Å²) in [5, 5.41) is 0. The maximum atomic E-state index is 4.27. The van der Waals surface area contributed by atoms with Crippen molar-refractivity contribution in [3.8, 4) is 0 Å². The van der Waals surface area contributed by atoms with Gasteiger partial charge in [-0.1, -0.05) is 12.5 Å². The number of hydrogen-bond donors (Lipinski definition) is 0. The maximum absolute atomic E-state index is 4.27. The van der Waals surface area contributed by atoms with Gasteiger partial charge in [-0.15, -0.1) is 0 Å². The van der Waals surface area contributed by atoms with E-state index in [1.54, 1.807) is 0 Å². The fourth-order valence-electron chi connectivity index (χ4n) is 2.26. The molecule has 1 fully saturated rings. The minimum Gasteiger partial charge on any atom is -0.299 e. The van der Waals surface area contributed by atoms with Crippen LogP contribution in [-0.4, -0.2) is 23.5 Å². The Bertz CT molecular complexity index is 309. The second kappa shape index (κ2) is 4.09. The summed E-state index contributed by atoms with van der Waals surface area (Å²) in [5.41, 5.74) is 2.65. The Morgan fingerprint density at radius 2 is 2.21 bits per heavy atom.